The summed E-state index contributed by atoms with van der Waals surface area (Å²) in [6, 6.07) is 15.2. The Bertz CT molecular complexity index is 768. The SMILES string of the molecule is CC(C)NC(=O)c1cccc(C(=O)N2CCN(c3ccccc3)CC2)n1. The Labute approximate surface area is 153 Å². The van der Waals surface area contributed by atoms with E-state index in [1.807, 2.05) is 32.0 Å². The number of amides is 2. The van der Waals surface area contributed by atoms with Gasteiger partial charge in [-0.05, 0) is 38.1 Å². The van der Waals surface area contributed by atoms with Crippen LogP contribution in [-0.4, -0.2) is 53.9 Å². The molecule has 0 unspecified atom stereocenters. The van der Waals surface area contributed by atoms with E-state index in [9.17, 15) is 9.59 Å². The molecule has 0 bridgehead atoms. The molecule has 6 heteroatoms. The minimum atomic E-state index is -0.261. The summed E-state index contributed by atoms with van der Waals surface area (Å²) in [4.78, 5) is 33.2. The summed E-state index contributed by atoms with van der Waals surface area (Å²) >= 11 is 0. The zero-order valence-corrected chi connectivity index (χ0v) is 15.2. The summed E-state index contributed by atoms with van der Waals surface area (Å²) in [5, 5.41) is 2.80. The fourth-order valence-electron chi connectivity index (χ4n) is 2.98. The first-order valence-corrected chi connectivity index (χ1v) is 8.92. The first-order valence-electron chi connectivity index (χ1n) is 8.92. The Morgan fingerprint density at radius 1 is 0.923 bits per heavy atom. The molecule has 0 atom stereocenters. The number of piperazine rings is 1. The molecule has 0 spiro atoms. The second-order valence-corrected chi connectivity index (χ2v) is 6.65. The van der Waals surface area contributed by atoms with Gasteiger partial charge >= 0.3 is 0 Å². The van der Waals surface area contributed by atoms with Crippen molar-refractivity contribution in [3.8, 4) is 0 Å². The molecule has 26 heavy (non-hydrogen) atoms. The van der Waals surface area contributed by atoms with Crippen LogP contribution in [0.2, 0.25) is 0 Å². The van der Waals surface area contributed by atoms with Crippen LogP contribution >= 0.6 is 0 Å². The van der Waals surface area contributed by atoms with Crippen LogP contribution < -0.4 is 10.2 Å². The van der Waals surface area contributed by atoms with Crippen molar-refractivity contribution in [1.82, 2.24) is 15.2 Å². The lowest BCUT2D eigenvalue weighted by Gasteiger charge is -2.36. The molecule has 1 fully saturated rings. The van der Waals surface area contributed by atoms with Crippen LogP contribution in [0, 0.1) is 0 Å². The van der Waals surface area contributed by atoms with Crippen LogP contribution in [0.4, 0.5) is 5.69 Å². The van der Waals surface area contributed by atoms with Crippen molar-refractivity contribution in [2.75, 3.05) is 31.1 Å². The first kappa shape index (κ1) is 17.9. The number of carbonyl (C=O) groups excluding carboxylic acids is 2. The molecule has 1 aliphatic heterocycles. The lowest BCUT2D eigenvalue weighted by Crippen LogP contribution is -2.49. The number of pyridine rings is 1. The normalized spacial score (nSPS) is 14.4. The van der Waals surface area contributed by atoms with E-state index in [-0.39, 0.29) is 23.6 Å². The first-order chi connectivity index (χ1) is 12.5. The highest BCUT2D eigenvalue weighted by molar-refractivity contribution is 5.96. The number of benzene rings is 1. The molecule has 1 aromatic carbocycles. The van der Waals surface area contributed by atoms with Crippen molar-refractivity contribution in [2.24, 2.45) is 0 Å². The van der Waals surface area contributed by atoms with Gasteiger partial charge < -0.3 is 15.1 Å². The second-order valence-electron chi connectivity index (χ2n) is 6.65. The largest absolute Gasteiger partial charge is 0.368 e. The fraction of sp³-hybridized carbons (Fsp3) is 0.350. The molecule has 0 radical (unpaired) electrons. The van der Waals surface area contributed by atoms with Crippen molar-refractivity contribution < 1.29 is 9.59 Å². The summed E-state index contributed by atoms with van der Waals surface area (Å²) in [6.07, 6.45) is 0. The van der Waals surface area contributed by atoms with Gasteiger partial charge in [-0.25, -0.2) is 4.98 Å². The van der Waals surface area contributed by atoms with Crippen molar-refractivity contribution in [2.45, 2.75) is 19.9 Å². The average molecular weight is 352 g/mol. The van der Waals surface area contributed by atoms with Gasteiger partial charge in [0.2, 0.25) is 0 Å². The van der Waals surface area contributed by atoms with Gasteiger partial charge in [0.1, 0.15) is 11.4 Å². The van der Waals surface area contributed by atoms with E-state index in [4.69, 9.17) is 0 Å². The van der Waals surface area contributed by atoms with Crippen LogP contribution in [0.5, 0.6) is 0 Å². The highest BCUT2D eigenvalue weighted by atomic mass is 16.2. The lowest BCUT2D eigenvalue weighted by atomic mass is 10.2. The summed E-state index contributed by atoms with van der Waals surface area (Å²) in [7, 11) is 0. The number of hydrogen-bond acceptors (Lipinski definition) is 4. The lowest BCUT2D eigenvalue weighted by molar-refractivity contribution is 0.0740. The van der Waals surface area contributed by atoms with Crippen LogP contribution in [0.15, 0.2) is 48.5 Å². The fourth-order valence-corrected chi connectivity index (χ4v) is 2.98. The molecule has 1 aromatic heterocycles. The van der Waals surface area contributed by atoms with Crippen molar-refractivity contribution in [3.05, 3.63) is 59.9 Å². The molecule has 6 nitrogen and oxygen atoms in total. The number of nitrogens with zero attached hydrogens (tertiary/aromatic N) is 3. The molecule has 1 saturated heterocycles. The van der Waals surface area contributed by atoms with E-state index >= 15 is 0 Å². The maximum absolute atomic E-state index is 12.8. The third-order valence-electron chi connectivity index (χ3n) is 4.31. The van der Waals surface area contributed by atoms with Crippen molar-refractivity contribution >= 4 is 17.5 Å². The molecule has 136 valence electrons. The summed E-state index contributed by atoms with van der Waals surface area (Å²) in [5.74, 6) is -0.388. The highest BCUT2D eigenvalue weighted by Crippen LogP contribution is 2.16. The number of aromatic nitrogens is 1. The van der Waals surface area contributed by atoms with E-state index in [2.05, 4.69) is 27.3 Å². The van der Waals surface area contributed by atoms with Crippen LogP contribution in [0.1, 0.15) is 34.8 Å². The van der Waals surface area contributed by atoms with Gasteiger partial charge in [0, 0.05) is 37.9 Å². The van der Waals surface area contributed by atoms with E-state index in [1.165, 1.54) is 5.69 Å². The molecule has 1 aliphatic rings. The topological polar surface area (TPSA) is 65.5 Å². The summed E-state index contributed by atoms with van der Waals surface area (Å²) in [6.45, 7) is 6.61. The monoisotopic (exact) mass is 352 g/mol. The van der Waals surface area contributed by atoms with E-state index < -0.39 is 0 Å². The van der Waals surface area contributed by atoms with Gasteiger partial charge in [-0.2, -0.15) is 0 Å². The Kier molecular flexibility index (Phi) is 5.51. The quantitative estimate of drug-likeness (QED) is 0.916. The number of rotatable bonds is 4. The van der Waals surface area contributed by atoms with Crippen LogP contribution in [0.3, 0.4) is 0 Å². The minimum Gasteiger partial charge on any atom is -0.368 e. The Morgan fingerprint density at radius 2 is 1.58 bits per heavy atom. The summed E-state index contributed by atoms with van der Waals surface area (Å²) in [5.41, 5.74) is 1.76. The minimum absolute atomic E-state index is 0.0229. The molecule has 1 N–H and O–H groups in total. The number of para-hydroxylation sites is 1. The molecule has 2 heterocycles. The Balaban J connectivity index is 1.64. The maximum Gasteiger partial charge on any atom is 0.272 e. The average Bonchev–Trinajstić information content (AvgIpc) is 2.68. The number of hydrogen-bond donors (Lipinski definition) is 1. The molecule has 0 saturated carbocycles. The van der Waals surface area contributed by atoms with Gasteiger partial charge in [0.05, 0.1) is 0 Å². The van der Waals surface area contributed by atoms with Gasteiger partial charge in [0.15, 0.2) is 0 Å². The Morgan fingerprint density at radius 3 is 2.23 bits per heavy atom. The third-order valence-corrected chi connectivity index (χ3v) is 4.31. The van der Waals surface area contributed by atoms with Gasteiger partial charge in [0.25, 0.3) is 11.8 Å². The van der Waals surface area contributed by atoms with E-state index in [0.717, 1.165) is 13.1 Å². The molecule has 2 aromatic rings. The van der Waals surface area contributed by atoms with Crippen LogP contribution in [0.25, 0.3) is 0 Å². The molecule has 2 amide bonds. The molecular weight excluding hydrogens is 328 g/mol. The highest BCUT2D eigenvalue weighted by Gasteiger charge is 2.23. The van der Waals surface area contributed by atoms with Gasteiger partial charge in [-0.15, -0.1) is 0 Å². The predicted octanol–water partition coefficient (Wildman–Crippen LogP) is 2.18. The molecule has 3 rings (SSSR count). The number of carbonyl (C=O) groups is 2. The van der Waals surface area contributed by atoms with E-state index in [1.54, 1.807) is 23.1 Å². The predicted molar refractivity (Wildman–Crippen MR) is 101 cm³/mol. The number of anilines is 1. The molecular formula is C20H24N4O2. The van der Waals surface area contributed by atoms with Gasteiger partial charge in [-0.1, -0.05) is 24.3 Å². The molecule has 0 aliphatic carbocycles. The second kappa shape index (κ2) is 7.99. The van der Waals surface area contributed by atoms with E-state index in [0.29, 0.717) is 18.8 Å². The van der Waals surface area contributed by atoms with Crippen molar-refractivity contribution in [1.29, 1.82) is 0 Å². The zero-order valence-electron chi connectivity index (χ0n) is 15.2. The maximum atomic E-state index is 12.8. The Hall–Kier alpha value is -2.89. The van der Waals surface area contributed by atoms with Gasteiger partial charge in [-0.3, -0.25) is 9.59 Å². The third kappa shape index (κ3) is 4.20. The summed E-state index contributed by atoms with van der Waals surface area (Å²) < 4.78 is 0. The van der Waals surface area contributed by atoms with Crippen molar-refractivity contribution in [3.63, 3.8) is 0 Å². The smallest absolute Gasteiger partial charge is 0.272 e. The van der Waals surface area contributed by atoms with Crippen LogP contribution in [-0.2, 0) is 0 Å². The standard InChI is InChI=1S/C20H24N4O2/c1-15(2)21-19(25)17-9-6-10-18(22-17)20(26)24-13-11-23(12-14-24)16-7-4-3-5-8-16/h3-10,15H,11-14H2,1-2H3,(H,21,25). The number of nitrogens with one attached hydrogen (secondary N) is 1. The zero-order chi connectivity index (χ0) is 18.5.